The Kier molecular flexibility index (Phi) is 15.1. The van der Waals surface area contributed by atoms with Crippen molar-refractivity contribution in [2.75, 3.05) is 83.2 Å². The predicted molar refractivity (Wildman–Crippen MR) is 217 cm³/mol. The third-order valence-electron chi connectivity index (χ3n) is 11.7. The molecule has 2 aromatic carbocycles. The maximum Gasteiger partial charge on any atom is 0.510 e. The molecule has 4 aliphatic heterocycles. The summed E-state index contributed by atoms with van der Waals surface area (Å²) in [4.78, 5) is 74.5. The zero-order valence-electron chi connectivity index (χ0n) is 34.3. The lowest BCUT2D eigenvalue weighted by Gasteiger charge is -2.44. The highest BCUT2D eigenvalue weighted by Crippen LogP contribution is 2.38. The monoisotopic (exact) mass is 879 g/mol. The number of nitrogens with two attached hydrogens (primary N) is 1. The highest BCUT2D eigenvalue weighted by atomic mass is 35.5. The zero-order valence-corrected chi connectivity index (χ0v) is 35.0. The van der Waals surface area contributed by atoms with Crippen molar-refractivity contribution in [1.29, 1.82) is 0 Å². The van der Waals surface area contributed by atoms with E-state index < -0.39 is 53.9 Å². The van der Waals surface area contributed by atoms with E-state index in [2.05, 4.69) is 10.2 Å². The first-order valence-electron chi connectivity index (χ1n) is 20.7. The third-order valence-corrected chi connectivity index (χ3v) is 12.0. The largest absolute Gasteiger partial charge is 0.510 e. The van der Waals surface area contributed by atoms with Crippen LogP contribution in [0.5, 0.6) is 0 Å². The molecule has 0 bridgehead atoms. The number of amides is 4. The van der Waals surface area contributed by atoms with Crippen LogP contribution in [-0.2, 0) is 47.6 Å². The number of hydrogen-bond donors (Lipinski definition) is 2. The Morgan fingerprint density at radius 2 is 1.51 bits per heavy atom. The highest BCUT2D eigenvalue weighted by molar-refractivity contribution is 6.33. The van der Waals surface area contributed by atoms with Crippen LogP contribution >= 0.6 is 11.6 Å². The Balaban J connectivity index is 1.08. The van der Waals surface area contributed by atoms with Gasteiger partial charge >= 0.3 is 30.4 Å². The highest BCUT2D eigenvalue weighted by Gasteiger charge is 2.40. The van der Waals surface area contributed by atoms with Gasteiger partial charge in [0.25, 0.3) is 12.1 Å². The molecule has 2 aromatic rings. The van der Waals surface area contributed by atoms with E-state index in [1.165, 1.54) is 11.0 Å². The third kappa shape index (κ3) is 11.3. The van der Waals surface area contributed by atoms with Gasteiger partial charge < -0.3 is 44.7 Å². The molecule has 0 spiro atoms. The van der Waals surface area contributed by atoms with Crippen molar-refractivity contribution in [2.24, 2.45) is 0 Å². The van der Waals surface area contributed by atoms with Crippen LogP contribution in [0.2, 0.25) is 5.02 Å². The Morgan fingerprint density at radius 3 is 2.16 bits per heavy atom. The van der Waals surface area contributed by atoms with Crippen LogP contribution in [0.15, 0.2) is 36.4 Å². The van der Waals surface area contributed by atoms with Crippen molar-refractivity contribution >= 4 is 53.1 Å². The van der Waals surface area contributed by atoms with Crippen LogP contribution in [0.4, 0.5) is 38.9 Å². The normalized spacial score (nSPS) is 19.6. The van der Waals surface area contributed by atoms with Gasteiger partial charge in [0.15, 0.2) is 6.10 Å². The number of rotatable bonds is 11. The molecular formula is C41H53ClF3N7O9. The number of alkyl halides is 3. The van der Waals surface area contributed by atoms with Crippen molar-refractivity contribution < 1.29 is 56.1 Å². The van der Waals surface area contributed by atoms with E-state index in [-0.39, 0.29) is 74.5 Å². The Bertz CT molecular complexity index is 1900. The van der Waals surface area contributed by atoms with E-state index >= 15 is 0 Å². The van der Waals surface area contributed by atoms with E-state index in [0.717, 1.165) is 17.3 Å². The van der Waals surface area contributed by atoms with E-state index in [4.69, 9.17) is 36.3 Å². The second-order valence-electron chi connectivity index (χ2n) is 15.4. The number of piperidine rings is 2. The van der Waals surface area contributed by atoms with Crippen LogP contribution in [0, 0.1) is 0 Å². The fourth-order valence-electron chi connectivity index (χ4n) is 8.44. The number of piperazine rings is 1. The minimum absolute atomic E-state index is 0.0167. The number of nitrogens with zero attached hydrogens (tertiary/aromatic N) is 5. The standard InChI is InChI=1S/C41H53ClF3N7O9/c1-3-58-37(54)36(61-40(57)59-4-2)50-14-10-28(11-15-50)48-19-21-49(22-20-48)35(53)33(25-26-23-30(41(43,44)45)34(46)31(42)24-26)60-39(56)51-16-12-29(13-17-51)52-18-9-27-7-5-6-8-32(27)47-38(52)55/h5-8,23-24,28-29,33,36H,3-4,9-22,25,46H2,1-2H3,(H,47,55)/t33-,36?/m1/s1. The number of carbonyl (C=O) groups is 5. The molecule has 0 aliphatic carbocycles. The van der Waals surface area contributed by atoms with Gasteiger partial charge in [-0.1, -0.05) is 29.8 Å². The molecule has 4 heterocycles. The van der Waals surface area contributed by atoms with E-state index in [1.807, 2.05) is 24.3 Å². The maximum atomic E-state index is 14.2. The summed E-state index contributed by atoms with van der Waals surface area (Å²) in [7, 11) is 0. The second-order valence-corrected chi connectivity index (χ2v) is 15.8. The number of nitrogen functional groups attached to an aromatic ring is 1. The quantitative estimate of drug-likeness (QED) is 0.172. The van der Waals surface area contributed by atoms with Crippen LogP contribution in [-0.4, -0.2) is 151 Å². The number of carbonyl (C=O) groups excluding carboxylic acids is 5. The minimum Gasteiger partial charge on any atom is -0.462 e. The SMILES string of the molecule is CCOC(=O)OC(C(=O)OCC)N1CCC(N2CCN(C(=O)[C@@H](Cc3cc(Cl)c(N)c(C(F)(F)F)c3)OC(=O)N3CCC(N4CCc5ccccc5NC4=O)CC3)CC2)CC1. The van der Waals surface area contributed by atoms with E-state index in [9.17, 15) is 37.1 Å². The summed E-state index contributed by atoms with van der Waals surface area (Å²) in [5.74, 6) is -1.25. The lowest BCUT2D eigenvalue weighted by Crippen LogP contribution is -2.58. The van der Waals surface area contributed by atoms with Crippen molar-refractivity contribution in [3.8, 4) is 0 Å². The van der Waals surface area contributed by atoms with Crippen LogP contribution in [0.3, 0.4) is 0 Å². The minimum atomic E-state index is -4.82. The summed E-state index contributed by atoms with van der Waals surface area (Å²) in [6.45, 7) is 6.74. The smallest absolute Gasteiger partial charge is 0.462 e. The molecule has 3 saturated heterocycles. The number of nitrogens with one attached hydrogen (secondary N) is 1. The predicted octanol–water partition coefficient (Wildman–Crippen LogP) is 5.21. The van der Waals surface area contributed by atoms with Gasteiger partial charge in [0.1, 0.15) is 0 Å². The number of esters is 1. The van der Waals surface area contributed by atoms with E-state index in [1.54, 1.807) is 28.5 Å². The average molecular weight is 880 g/mol. The first-order chi connectivity index (χ1) is 29.2. The van der Waals surface area contributed by atoms with E-state index in [0.29, 0.717) is 64.8 Å². The van der Waals surface area contributed by atoms with Gasteiger partial charge in [-0.2, -0.15) is 13.2 Å². The fourth-order valence-corrected chi connectivity index (χ4v) is 8.68. The van der Waals surface area contributed by atoms with Crippen LogP contribution in [0.25, 0.3) is 0 Å². The Hall–Kier alpha value is -5.01. The first kappa shape index (κ1) is 45.5. The zero-order chi connectivity index (χ0) is 43.8. The summed E-state index contributed by atoms with van der Waals surface area (Å²) < 4.78 is 63.0. The number of hydrogen-bond acceptors (Lipinski definition) is 12. The summed E-state index contributed by atoms with van der Waals surface area (Å²) in [6, 6.07) is 9.40. The molecule has 4 aliphatic rings. The molecule has 3 fully saturated rings. The molecule has 334 valence electrons. The number of fused-ring (bicyclic) bond motifs is 1. The van der Waals surface area contributed by atoms with Crippen LogP contribution < -0.4 is 11.1 Å². The number of para-hydroxylation sites is 1. The summed E-state index contributed by atoms with van der Waals surface area (Å²) in [5.41, 5.74) is 5.70. The Morgan fingerprint density at radius 1 is 0.852 bits per heavy atom. The molecule has 1 unspecified atom stereocenters. The van der Waals surface area contributed by atoms with Gasteiger partial charge in [-0.25, -0.2) is 19.2 Å². The molecule has 3 N–H and O–H groups in total. The first-order valence-corrected chi connectivity index (χ1v) is 21.1. The molecule has 61 heavy (non-hydrogen) atoms. The fraction of sp³-hybridized carbons (Fsp3) is 0.585. The molecule has 2 atom stereocenters. The number of anilines is 2. The molecule has 0 radical (unpaired) electrons. The molecule has 0 saturated carbocycles. The lowest BCUT2D eigenvalue weighted by molar-refractivity contribution is -0.168. The van der Waals surface area contributed by atoms with Gasteiger partial charge in [0.05, 0.1) is 29.5 Å². The van der Waals surface area contributed by atoms with Crippen molar-refractivity contribution in [3.05, 3.63) is 58.1 Å². The van der Waals surface area contributed by atoms with Gasteiger partial charge in [0, 0.05) is 83.1 Å². The second kappa shape index (κ2) is 20.2. The van der Waals surface area contributed by atoms with Crippen LogP contribution in [0.1, 0.15) is 56.2 Å². The molecule has 4 amide bonds. The molecule has 6 rings (SSSR count). The number of halogens is 4. The maximum absolute atomic E-state index is 14.2. The lowest BCUT2D eigenvalue weighted by atomic mass is 10.0. The molecule has 20 heteroatoms. The number of ether oxygens (including phenoxy) is 4. The summed E-state index contributed by atoms with van der Waals surface area (Å²) >= 11 is 6.14. The summed E-state index contributed by atoms with van der Waals surface area (Å²) in [5, 5.41) is 2.63. The molecule has 0 aromatic heterocycles. The van der Waals surface area contributed by atoms with Crippen molar-refractivity contribution in [2.45, 2.75) is 83.0 Å². The average Bonchev–Trinajstić information content (AvgIpc) is 3.41. The topological polar surface area (TPSA) is 177 Å². The molecule has 16 nitrogen and oxygen atoms in total. The number of likely N-dealkylation sites (tertiary alicyclic amines) is 2. The van der Waals surface area contributed by atoms with Gasteiger partial charge in [-0.15, -0.1) is 0 Å². The number of urea groups is 1. The van der Waals surface area contributed by atoms with Gasteiger partial charge in [0.2, 0.25) is 0 Å². The Labute approximate surface area is 357 Å². The van der Waals surface area contributed by atoms with Crippen molar-refractivity contribution in [3.63, 3.8) is 0 Å². The van der Waals surface area contributed by atoms with Crippen molar-refractivity contribution in [1.82, 2.24) is 24.5 Å². The molecular weight excluding hydrogens is 827 g/mol. The van der Waals surface area contributed by atoms with Gasteiger partial charge in [-0.3, -0.25) is 14.6 Å². The number of benzene rings is 2. The van der Waals surface area contributed by atoms with Gasteiger partial charge in [-0.05, 0) is 75.3 Å². The summed E-state index contributed by atoms with van der Waals surface area (Å²) in [6.07, 6.45) is -6.84.